The van der Waals surface area contributed by atoms with Crippen LogP contribution in [0.4, 0.5) is 0 Å². The first-order valence-electron chi connectivity index (χ1n) is 20.9. The fraction of sp³-hybridized carbons (Fsp3) is 0.0172. The predicted molar refractivity (Wildman–Crippen MR) is 251 cm³/mol. The highest BCUT2D eigenvalue weighted by Crippen LogP contribution is 2.57. The molecule has 12 rings (SSSR count). The van der Waals surface area contributed by atoms with Crippen molar-refractivity contribution >= 4 is 32.3 Å². The Morgan fingerprint density at radius 3 is 1.36 bits per heavy atom. The number of hydrogen-bond acceptors (Lipinski definition) is 3. The number of nitrogens with zero attached hydrogens (tertiary/aromatic N) is 3. The van der Waals surface area contributed by atoms with E-state index in [0.29, 0.717) is 17.5 Å². The first kappa shape index (κ1) is 35.0. The van der Waals surface area contributed by atoms with E-state index in [1.807, 2.05) is 36.4 Å². The van der Waals surface area contributed by atoms with Crippen LogP contribution in [0.3, 0.4) is 0 Å². The van der Waals surface area contributed by atoms with E-state index in [1.54, 1.807) is 0 Å². The average molecular weight is 776 g/mol. The van der Waals surface area contributed by atoms with E-state index < -0.39 is 5.41 Å². The fourth-order valence-electron chi connectivity index (χ4n) is 9.94. The van der Waals surface area contributed by atoms with Gasteiger partial charge in [0.2, 0.25) is 0 Å². The Bertz CT molecular complexity index is 3360. The van der Waals surface area contributed by atoms with E-state index in [-0.39, 0.29) is 0 Å². The lowest BCUT2D eigenvalue weighted by molar-refractivity contribution is 0.768. The van der Waals surface area contributed by atoms with Crippen LogP contribution < -0.4 is 0 Å². The van der Waals surface area contributed by atoms with E-state index in [9.17, 15) is 0 Å². The van der Waals surface area contributed by atoms with E-state index in [4.69, 9.17) is 15.0 Å². The van der Waals surface area contributed by atoms with Crippen LogP contribution in [0.2, 0.25) is 0 Å². The zero-order valence-corrected chi connectivity index (χ0v) is 33.2. The largest absolute Gasteiger partial charge is 0.208 e. The molecule has 0 atom stereocenters. The molecule has 0 saturated heterocycles. The Morgan fingerprint density at radius 1 is 0.262 bits per heavy atom. The molecule has 3 heteroatoms. The minimum Gasteiger partial charge on any atom is -0.208 e. The van der Waals surface area contributed by atoms with E-state index in [1.165, 1.54) is 71.4 Å². The van der Waals surface area contributed by atoms with Crippen LogP contribution in [0.1, 0.15) is 22.3 Å². The Labute approximate surface area is 354 Å². The van der Waals surface area contributed by atoms with E-state index in [2.05, 4.69) is 188 Å². The molecular weight excluding hydrogens is 739 g/mol. The summed E-state index contributed by atoms with van der Waals surface area (Å²) in [7, 11) is 0. The molecule has 0 N–H and O–H groups in total. The van der Waals surface area contributed by atoms with Gasteiger partial charge in [0, 0.05) is 16.7 Å². The number of hydrogen-bond donors (Lipinski definition) is 0. The van der Waals surface area contributed by atoms with Crippen molar-refractivity contribution in [2.45, 2.75) is 5.41 Å². The van der Waals surface area contributed by atoms with Gasteiger partial charge in [0.15, 0.2) is 17.5 Å². The molecule has 0 aliphatic heterocycles. The lowest BCUT2D eigenvalue weighted by Gasteiger charge is -2.33. The second-order valence-corrected chi connectivity index (χ2v) is 15.9. The van der Waals surface area contributed by atoms with Crippen LogP contribution in [0.5, 0.6) is 0 Å². The van der Waals surface area contributed by atoms with Gasteiger partial charge in [0.05, 0.1) is 5.41 Å². The molecule has 1 aliphatic carbocycles. The maximum absolute atomic E-state index is 5.10. The molecule has 11 aromatic rings. The summed E-state index contributed by atoms with van der Waals surface area (Å²) in [4.78, 5) is 15.2. The van der Waals surface area contributed by atoms with Gasteiger partial charge in [-0.3, -0.25) is 0 Å². The van der Waals surface area contributed by atoms with Gasteiger partial charge in [-0.2, -0.15) is 0 Å². The molecule has 0 fully saturated rings. The van der Waals surface area contributed by atoms with Gasteiger partial charge in [-0.15, -0.1) is 0 Å². The van der Waals surface area contributed by atoms with Crippen LogP contribution >= 0.6 is 0 Å². The lowest BCUT2D eigenvalue weighted by Crippen LogP contribution is -2.28. The molecule has 0 spiro atoms. The summed E-state index contributed by atoms with van der Waals surface area (Å²) in [5, 5.41) is 7.23. The molecule has 1 heterocycles. The quantitative estimate of drug-likeness (QED) is 0.158. The zero-order chi connectivity index (χ0) is 40.3. The first-order chi connectivity index (χ1) is 30.3. The first-order valence-corrected chi connectivity index (χ1v) is 20.9. The molecule has 0 amide bonds. The van der Waals surface area contributed by atoms with Crippen molar-refractivity contribution in [1.29, 1.82) is 0 Å². The van der Waals surface area contributed by atoms with Crippen LogP contribution in [0.25, 0.3) is 88.7 Å². The van der Waals surface area contributed by atoms with Crippen LogP contribution in [0, 0.1) is 0 Å². The second-order valence-electron chi connectivity index (χ2n) is 15.9. The van der Waals surface area contributed by atoms with Crippen molar-refractivity contribution in [3.63, 3.8) is 0 Å². The van der Waals surface area contributed by atoms with Crippen molar-refractivity contribution in [2.75, 3.05) is 0 Å². The topological polar surface area (TPSA) is 38.7 Å². The third-order valence-corrected chi connectivity index (χ3v) is 12.6. The maximum Gasteiger partial charge on any atom is 0.164 e. The monoisotopic (exact) mass is 775 g/mol. The third-order valence-electron chi connectivity index (χ3n) is 12.6. The number of aromatic nitrogens is 3. The molecule has 0 unspecified atom stereocenters. The van der Waals surface area contributed by atoms with Gasteiger partial charge in [-0.05, 0) is 89.0 Å². The summed E-state index contributed by atoms with van der Waals surface area (Å²) in [6.07, 6.45) is 0. The molecule has 1 aromatic heterocycles. The third kappa shape index (κ3) is 5.48. The van der Waals surface area contributed by atoms with Crippen LogP contribution in [-0.4, -0.2) is 15.0 Å². The standard InChI is InChI=1S/C58H37N3/c1-5-18-38(19-6-1)55-59-56(39-20-7-2-8-21-39)61-57(60-55)41-32-34-49-50(37-41)46-27-14-13-26-45(46)48-30-17-29-44(54(48)49)40-33-35-53-51(36-40)47-28-15-16-31-52(47)58(53,42-22-9-3-10-23-42)43-24-11-4-12-25-43/h1-37H. The highest BCUT2D eigenvalue weighted by atomic mass is 15.0. The molecule has 3 nitrogen and oxygen atoms in total. The Kier molecular flexibility index (Phi) is 8.07. The molecule has 0 saturated carbocycles. The summed E-state index contributed by atoms with van der Waals surface area (Å²) in [6, 6.07) is 80.8. The van der Waals surface area contributed by atoms with Crippen molar-refractivity contribution in [1.82, 2.24) is 15.0 Å². The second kappa shape index (κ2) is 14.1. The van der Waals surface area contributed by atoms with Gasteiger partial charge in [0.1, 0.15) is 0 Å². The van der Waals surface area contributed by atoms with Crippen LogP contribution in [-0.2, 0) is 5.41 Å². The zero-order valence-electron chi connectivity index (χ0n) is 33.2. The highest BCUT2D eigenvalue weighted by molar-refractivity contribution is 6.28. The summed E-state index contributed by atoms with van der Waals surface area (Å²) in [6.45, 7) is 0. The average Bonchev–Trinajstić information content (AvgIpc) is 3.65. The van der Waals surface area contributed by atoms with Crippen molar-refractivity contribution in [3.05, 3.63) is 247 Å². The number of fused-ring (bicyclic) bond motifs is 9. The summed E-state index contributed by atoms with van der Waals surface area (Å²) in [5.41, 5.74) is 12.5. The summed E-state index contributed by atoms with van der Waals surface area (Å²) >= 11 is 0. The minimum atomic E-state index is -0.444. The minimum absolute atomic E-state index is 0.444. The molecule has 0 radical (unpaired) electrons. The SMILES string of the molecule is c1ccc(-c2nc(-c3ccccc3)nc(-c3ccc4c(c3)c3ccccc3c3cccc(-c5ccc6c(c5)-c5ccccc5C6(c5ccccc5)c5ccccc5)c34)n2)cc1. The Hall–Kier alpha value is -8.01. The van der Waals surface area contributed by atoms with Gasteiger partial charge in [-0.25, -0.2) is 15.0 Å². The Morgan fingerprint density at radius 2 is 0.721 bits per heavy atom. The highest BCUT2D eigenvalue weighted by Gasteiger charge is 2.46. The maximum atomic E-state index is 5.10. The number of benzene rings is 10. The number of rotatable bonds is 6. The van der Waals surface area contributed by atoms with E-state index in [0.717, 1.165) is 22.1 Å². The smallest absolute Gasteiger partial charge is 0.164 e. The summed E-state index contributed by atoms with van der Waals surface area (Å²) < 4.78 is 0. The fourth-order valence-corrected chi connectivity index (χ4v) is 9.94. The molecule has 0 bridgehead atoms. The normalized spacial score (nSPS) is 12.7. The van der Waals surface area contributed by atoms with E-state index >= 15 is 0 Å². The predicted octanol–water partition coefficient (Wildman–Crippen LogP) is 14.4. The van der Waals surface area contributed by atoms with Gasteiger partial charge < -0.3 is 0 Å². The van der Waals surface area contributed by atoms with Gasteiger partial charge in [0.25, 0.3) is 0 Å². The molecule has 61 heavy (non-hydrogen) atoms. The Balaban J connectivity index is 1.09. The molecule has 1 aliphatic rings. The van der Waals surface area contributed by atoms with Crippen LogP contribution in [0.15, 0.2) is 224 Å². The van der Waals surface area contributed by atoms with Gasteiger partial charge in [-0.1, -0.05) is 212 Å². The van der Waals surface area contributed by atoms with Crippen molar-refractivity contribution < 1.29 is 0 Å². The lowest BCUT2D eigenvalue weighted by atomic mass is 9.67. The van der Waals surface area contributed by atoms with Crippen molar-refractivity contribution in [2.24, 2.45) is 0 Å². The summed E-state index contributed by atoms with van der Waals surface area (Å²) in [5.74, 6) is 1.94. The van der Waals surface area contributed by atoms with Crippen molar-refractivity contribution in [3.8, 4) is 56.4 Å². The molecular formula is C58H37N3. The molecule has 10 aromatic carbocycles. The molecule has 284 valence electrons. The van der Waals surface area contributed by atoms with Gasteiger partial charge >= 0.3 is 0 Å².